The second-order valence-corrected chi connectivity index (χ2v) is 5.90. The molecule has 2 N–H and O–H groups in total. The molecule has 1 amide bonds. The van der Waals surface area contributed by atoms with Gasteiger partial charge >= 0.3 is 0 Å². The van der Waals surface area contributed by atoms with Crippen LogP contribution in [0.3, 0.4) is 0 Å². The highest BCUT2D eigenvalue weighted by Crippen LogP contribution is 2.13. The molecule has 94 valence electrons. The highest BCUT2D eigenvalue weighted by atomic mass is 79.9. The van der Waals surface area contributed by atoms with Gasteiger partial charge in [-0.25, -0.2) is 13.1 Å². The molecule has 0 atom stereocenters. The maximum Gasteiger partial charge on any atom is 0.242 e. The largest absolute Gasteiger partial charge is 0.355 e. The molecule has 1 rings (SSSR count). The van der Waals surface area contributed by atoms with E-state index in [1.54, 1.807) is 0 Å². The Morgan fingerprint density at radius 1 is 1.41 bits per heavy atom. The number of hydrogen-bond acceptors (Lipinski definition) is 4. The molecule has 1 aromatic heterocycles. The molecule has 0 radical (unpaired) electrons. The van der Waals surface area contributed by atoms with Gasteiger partial charge < -0.3 is 5.32 Å². The Labute approximate surface area is 108 Å². The van der Waals surface area contributed by atoms with Gasteiger partial charge in [0, 0.05) is 36.9 Å². The zero-order valence-corrected chi connectivity index (χ0v) is 11.5. The van der Waals surface area contributed by atoms with E-state index in [1.807, 2.05) is 0 Å². The van der Waals surface area contributed by atoms with E-state index >= 15 is 0 Å². The lowest BCUT2D eigenvalue weighted by Gasteiger charge is -2.06. The van der Waals surface area contributed by atoms with Gasteiger partial charge in [-0.1, -0.05) is 0 Å². The average Bonchev–Trinajstić information content (AvgIpc) is 2.24. The molecule has 0 saturated heterocycles. The molecule has 17 heavy (non-hydrogen) atoms. The molecule has 0 fully saturated rings. The fourth-order valence-electron chi connectivity index (χ4n) is 1.05. The molecule has 0 spiro atoms. The van der Waals surface area contributed by atoms with Crippen LogP contribution in [0.25, 0.3) is 0 Å². The van der Waals surface area contributed by atoms with E-state index in [2.05, 4.69) is 31.0 Å². The summed E-state index contributed by atoms with van der Waals surface area (Å²) in [6.07, 6.45) is 2.75. The van der Waals surface area contributed by atoms with Crippen molar-refractivity contribution < 1.29 is 13.2 Å². The van der Waals surface area contributed by atoms with Gasteiger partial charge in [-0.15, -0.1) is 0 Å². The molecule has 0 aliphatic carbocycles. The van der Waals surface area contributed by atoms with Crippen molar-refractivity contribution in [1.82, 2.24) is 15.0 Å². The predicted molar refractivity (Wildman–Crippen MR) is 65.8 cm³/mol. The van der Waals surface area contributed by atoms with Crippen molar-refractivity contribution in [3.05, 3.63) is 22.9 Å². The highest BCUT2D eigenvalue weighted by Gasteiger charge is 2.13. The summed E-state index contributed by atoms with van der Waals surface area (Å²) >= 11 is 3.14. The van der Waals surface area contributed by atoms with Crippen LogP contribution in [0.4, 0.5) is 0 Å². The molecule has 1 heterocycles. The third-order valence-corrected chi connectivity index (χ3v) is 3.64. The summed E-state index contributed by atoms with van der Waals surface area (Å²) in [5.74, 6) is -0.201. The van der Waals surface area contributed by atoms with Crippen LogP contribution >= 0.6 is 15.9 Å². The van der Waals surface area contributed by atoms with Gasteiger partial charge in [0.15, 0.2) is 0 Å². The zero-order valence-electron chi connectivity index (χ0n) is 9.10. The van der Waals surface area contributed by atoms with Crippen LogP contribution in [0.15, 0.2) is 27.8 Å². The number of nitrogens with zero attached hydrogens (tertiary/aromatic N) is 1. The molecule has 0 aromatic carbocycles. The van der Waals surface area contributed by atoms with Gasteiger partial charge in [-0.3, -0.25) is 9.78 Å². The summed E-state index contributed by atoms with van der Waals surface area (Å²) < 4.78 is 26.4. The number of rotatable bonds is 5. The Morgan fingerprint density at radius 2 is 2.12 bits per heavy atom. The van der Waals surface area contributed by atoms with E-state index in [-0.39, 0.29) is 23.9 Å². The van der Waals surface area contributed by atoms with Crippen LogP contribution in [-0.2, 0) is 14.8 Å². The number of carbonyl (C=O) groups excluding carboxylic acids is 1. The number of sulfonamides is 1. The van der Waals surface area contributed by atoms with Gasteiger partial charge in [0.1, 0.15) is 4.90 Å². The normalized spacial score (nSPS) is 11.2. The van der Waals surface area contributed by atoms with E-state index in [0.29, 0.717) is 4.47 Å². The summed E-state index contributed by atoms with van der Waals surface area (Å²) in [6.45, 7) is 1.75. The maximum absolute atomic E-state index is 11.7. The second kappa shape index (κ2) is 6.08. The van der Waals surface area contributed by atoms with Crippen molar-refractivity contribution in [1.29, 1.82) is 0 Å². The van der Waals surface area contributed by atoms with Gasteiger partial charge in [0.05, 0.1) is 0 Å². The van der Waals surface area contributed by atoms with Crippen molar-refractivity contribution in [2.75, 3.05) is 13.1 Å². The Balaban J connectivity index is 2.60. The van der Waals surface area contributed by atoms with Crippen molar-refractivity contribution in [3.63, 3.8) is 0 Å². The van der Waals surface area contributed by atoms with Crippen LogP contribution in [0.2, 0.25) is 0 Å². The smallest absolute Gasteiger partial charge is 0.242 e. The third kappa shape index (κ3) is 4.80. The predicted octanol–water partition coefficient (Wildman–Crippen LogP) is 0.259. The molecule has 0 unspecified atom stereocenters. The fraction of sp³-hybridized carbons (Fsp3) is 0.333. The molecule has 8 heteroatoms. The monoisotopic (exact) mass is 321 g/mol. The zero-order chi connectivity index (χ0) is 12.9. The first-order valence-electron chi connectivity index (χ1n) is 4.76. The lowest BCUT2D eigenvalue weighted by Crippen LogP contribution is -2.33. The van der Waals surface area contributed by atoms with Crippen molar-refractivity contribution >= 4 is 31.9 Å². The van der Waals surface area contributed by atoms with E-state index in [4.69, 9.17) is 0 Å². The Morgan fingerprint density at radius 3 is 2.71 bits per heavy atom. The minimum atomic E-state index is -3.57. The van der Waals surface area contributed by atoms with E-state index in [9.17, 15) is 13.2 Å². The lowest BCUT2D eigenvalue weighted by atomic mass is 10.5. The van der Waals surface area contributed by atoms with Crippen LogP contribution < -0.4 is 10.0 Å². The number of carbonyl (C=O) groups is 1. The second-order valence-electron chi connectivity index (χ2n) is 3.22. The highest BCUT2D eigenvalue weighted by molar-refractivity contribution is 9.10. The quantitative estimate of drug-likeness (QED) is 0.761. The van der Waals surface area contributed by atoms with E-state index in [0.717, 1.165) is 0 Å². The summed E-state index contributed by atoms with van der Waals surface area (Å²) in [6, 6.07) is 1.45. The average molecular weight is 322 g/mol. The SMILES string of the molecule is CC(=O)NCCNS(=O)(=O)c1cncc(Br)c1. The van der Waals surface area contributed by atoms with Gasteiger partial charge in [0.25, 0.3) is 0 Å². The van der Waals surface area contributed by atoms with Crippen molar-refractivity contribution in [2.24, 2.45) is 0 Å². The number of nitrogens with one attached hydrogen (secondary N) is 2. The number of halogens is 1. The molecular formula is C9H12BrN3O3S. The number of pyridine rings is 1. The summed E-state index contributed by atoms with van der Waals surface area (Å²) in [5.41, 5.74) is 0. The van der Waals surface area contributed by atoms with Crippen LogP contribution in [0, 0.1) is 0 Å². The van der Waals surface area contributed by atoms with Gasteiger partial charge in [-0.2, -0.15) is 0 Å². The lowest BCUT2D eigenvalue weighted by molar-refractivity contribution is -0.118. The molecule has 0 saturated carbocycles. The molecule has 1 aromatic rings. The van der Waals surface area contributed by atoms with Crippen molar-refractivity contribution in [2.45, 2.75) is 11.8 Å². The Kier molecular flexibility index (Phi) is 5.03. The molecule has 0 bridgehead atoms. The first kappa shape index (κ1) is 14.1. The Hall–Kier alpha value is -0.990. The summed E-state index contributed by atoms with van der Waals surface area (Å²) in [7, 11) is -3.57. The minimum absolute atomic E-state index is 0.0784. The maximum atomic E-state index is 11.7. The number of hydrogen-bond donors (Lipinski definition) is 2. The molecule has 6 nitrogen and oxygen atoms in total. The summed E-state index contributed by atoms with van der Waals surface area (Å²) in [5, 5.41) is 2.49. The first-order chi connectivity index (χ1) is 7.92. The number of amides is 1. The Bertz CT molecular complexity index is 504. The minimum Gasteiger partial charge on any atom is -0.355 e. The topological polar surface area (TPSA) is 88.2 Å². The van der Waals surface area contributed by atoms with Gasteiger partial charge in [0.2, 0.25) is 15.9 Å². The number of aromatic nitrogens is 1. The molecular weight excluding hydrogens is 310 g/mol. The van der Waals surface area contributed by atoms with Crippen LogP contribution in [0.5, 0.6) is 0 Å². The van der Waals surface area contributed by atoms with Crippen LogP contribution in [-0.4, -0.2) is 32.4 Å². The first-order valence-corrected chi connectivity index (χ1v) is 7.04. The molecule has 0 aliphatic rings. The molecule has 0 aliphatic heterocycles. The standard InChI is InChI=1S/C9H12BrN3O3S/c1-7(14)12-2-3-13-17(15,16)9-4-8(10)5-11-6-9/h4-6,13H,2-3H2,1H3,(H,12,14). The van der Waals surface area contributed by atoms with E-state index < -0.39 is 10.0 Å². The summed E-state index contributed by atoms with van der Waals surface area (Å²) in [4.78, 5) is 14.4. The van der Waals surface area contributed by atoms with Crippen LogP contribution in [0.1, 0.15) is 6.92 Å². The van der Waals surface area contributed by atoms with E-state index in [1.165, 1.54) is 25.4 Å². The van der Waals surface area contributed by atoms with Crippen molar-refractivity contribution in [3.8, 4) is 0 Å². The fourth-order valence-corrected chi connectivity index (χ4v) is 2.58. The third-order valence-electron chi connectivity index (χ3n) is 1.78. The van der Waals surface area contributed by atoms with Gasteiger partial charge in [-0.05, 0) is 22.0 Å².